The van der Waals surface area contributed by atoms with Gasteiger partial charge in [0.25, 0.3) is 0 Å². The zero-order valence-electron chi connectivity index (χ0n) is 18.2. The first-order chi connectivity index (χ1) is 15.0. The van der Waals surface area contributed by atoms with Crippen molar-refractivity contribution in [3.63, 3.8) is 0 Å². The van der Waals surface area contributed by atoms with E-state index in [1.165, 1.54) is 13.1 Å². The number of amides is 1. The van der Waals surface area contributed by atoms with E-state index < -0.39 is 24.1 Å². The molecule has 0 bridgehead atoms. The maximum atomic E-state index is 12.7. The molecule has 0 spiro atoms. The zero-order chi connectivity index (χ0) is 23.9. The summed E-state index contributed by atoms with van der Waals surface area (Å²) in [6.45, 7) is 5.26. The van der Waals surface area contributed by atoms with E-state index in [4.69, 9.17) is 4.74 Å². The Labute approximate surface area is 184 Å². The number of rotatable bonds is 11. The number of hydrogen-bond acceptors (Lipinski definition) is 6. The van der Waals surface area contributed by atoms with Gasteiger partial charge in [0.15, 0.2) is 5.69 Å². The Hall–Kier alpha value is -2.63. The minimum absolute atomic E-state index is 0.0469. The van der Waals surface area contributed by atoms with Gasteiger partial charge in [-0.3, -0.25) is 14.4 Å². The molecule has 0 saturated heterocycles. The summed E-state index contributed by atoms with van der Waals surface area (Å²) in [6.07, 6.45) is -5.27. The second kappa shape index (κ2) is 11.3. The van der Waals surface area contributed by atoms with Gasteiger partial charge in [0.2, 0.25) is 5.91 Å². The number of ether oxygens (including phenoxy) is 1. The van der Waals surface area contributed by atoms with Gasteiger partial charge < -0.3 is 20.3 Å². The fourth-order valence-electron chi connectivity index (χ4n) is 3.05. The van der Waals surface area contributed by atoms with Crippen LogP contribution in [0, 0.1) is 0 Å². The molecule has 0 aliphatic heterocycles. The monoisotopic (exact) mass is 458 g/mol. The Morgan fingerprint density at radius 2 is 1.84 bits per heavy atom. The molecule has 1 heterocycles. The number of alkyl halides is 3. The van der Waals surface area contributed by atoms with Gasteiger partial charge in [-0.15, -0.1) is 0 Å². The van der Waals surface area contributed by atoms with Crippen LogP contribution in [0.3, 0.4) is 0 Å². The fraction of sp³-hybridized carbons (Fsp3) is 0.524. The molecule has 178 valence electrons. The Balaban J connectivity index is 1.90. The van der Waals surface area contributed by atoms with Crippen molar-refractivity contribution in [2.45, 2.75) is 51.7 Å². The first-order valence-electron chi connectivity index (χ1n) is 10.2. The van der Waals surface area contributed by atoms with E-state index in [0.717, 1.165) is 10.7 Å². The molecule has 1 amide bonds. The van der Waals surface area contributed by atoms with Gasteiger partial charge in [0, 0.05) is 32.3 Å². The number of benzene rings is 1. The number of anilines is 1. The first-order valence-corrected chi connectivity index (χ1v) is 10.2. The Morgan fingerprint density at radius 3 is 2.44 bits per heavy atom. The first kappa shape index (κ1) is 25.6. The number of aliphatic hydroxyl groups is 2. The summed E-state index contributed by atoms with van der Waals surface area (Å²) >= 11 is 0. The fourth-order valence-corrected chi connectivity index (χ4v) is 3.05. The molecule has 1 aromatic heterocycles. The standard InChI is InChI=1S/C21H29F3N4O4/c1-14(2)27(10-16(30)12-28-9-8-20(26-28)21(22,23)24)11-17(31)13-32-19-7-5-4-6-18(19)25-15(3)29/h4-9,14,16-17,30-31H,10-13H2,1-3H3,(H,25,29). The molecule has 0 radical (unpaired) electrons. The van der Waals surface area contributed by atoms with Gasteiger partial charge in [-0.1, -0.05) is 12.1 Å². The van der Waals surface area contributed by atoms with Crippen molar-refractivity contribution in [3.05, 3.63) is 42.2 Å². The lowest BCUT2D eigenvalue weighted by atomic mass is 10.2. The second-order valence-electron chi connectivity index (χ2n) is 7.76. The lowest BCUT2D eigenvalue weighted by Crippen LogP contribution is -2.44. The summed E-state index contributed by atoms with van der Waals surface area (Å²) < 4.78 is 44.7. The number of para-hydroxylation sites is 2. The molecule has 8 nitrogen and oxygen atoms in total. The highest BCUT2D eigenvalue weighted by atomic mass is 19.4. The summed E-state index contributed by atoms with van der Waals surface area (Å²) in [5.74, 6) is 0.165. The molecule has 2 atom stereocenters. The van der Waals surface area contributed by atoms with Gasteiger partial charge in [-0.2, -0.15) is 18.3 Å². The average Bonchev–Trinajstić information content (AvgIpc) is 3.15. The quantitative estimate of drug-likeness (QED) is 0.478. The van der Waals surface area contributed by atoms with Crippen molar-refractivity contribution < 1.29 is 32.9 Å². The molecule has 2 rings (SSSR count). The molecule has 0 fully saturated rings. The summed E-state index contributed by atoms with van der Waals surface area (Å²) in [5, 5.41) is 26.8. The van der Waals surface area contributed by atoms with Crippen LogP contribution in [-0.4, -0.2) is 68.7 Å². The maximum Gasteiger partial charge on any atom is 0.435 e. The van der Waals surface area contributed by atoms with Crippen LogP contribution in [0.25, 0.3) is 0 Å². The van der Waals surface area contributed by atoms with Gasteiger partial charge in [-0.05, 0) is 32.0 Å². The second-order valence-corrected chi connectivity index (χ2v) is 7.76. The number of nitrogens with one attached hydrogen (secondary N) is 1. The largest absolute Gasteiger partial charge is 0.489 e. The van der Waals surface area contributed by atoms with E-state index in [2.05, 4.69) is 10.4 Å². The SMILES string of the molecule is CC(=O)Nc1ccccc1OCC(O)CN(CC(O)Cn1ccc(C(F)(F)F)n1)C(C)C. The number of nitrogens with zero attached hydrogens (tertiary/aromatic N) is 3. The number of halogens is 3. The molecule has 2 unspecified atom stereocenters. The molecule has 3 N–H and O–H groups in total. The van der Waals surface area contributed by atoms with Crippen molar-refractivity contribution in [3.8, 4) is 5.75 Å². The molecule has 2 aromatic rings. The van der Waals surface area contributed by atoms with Crippen LogP contribution in [0.5, 0.6) is 5.75 Å². The number of aromatic nitrogens is 2. The number of carbonyl (C=O) groups excluding carboxylic acids is 1. The van der Waals surface area contributed by atoms with Crippen LogP contribution >= 0.6 is 0 Å². The van der Waals surface area contributed by atoms with E-state index in [-0.39, 0.29) is 38.2 Å². The minimum atomic E-state index is -4.54. The molecule has 11 heteroatoms. The Bertz CT molecular complexity index is 873. The third kappa shape index (κ3) is 8.13. The Morgan fingerprint density at radius 1 is 1.19 bits per heavy atom. The van der Waals surface area contributed by atoms with Crippen LogP contribution in [0.2, 0.25) is 0 Å². The molecule has 32 heavy (non-hydrogen) atoms. The van der Waals surface area contributed by atoms with E-state index in [0.29, 0.717) is 11.4 Å². The van der Waals surface area contributed by atoms with Crippen LogP contribution in [0.4, 0.5) is 18.9 Å². The highest BCUT2D eigenvalue weighted by Gasteiger charge is 2.33. The van der Waals surface area contributed by atoms with Gasteiger partial charge >= 0.3 is 6.18 Å². The smallest absolute Gasteiger partial charge is 0.435 e. The lowest BCUT2D eigenvalue weighted by Gasteiger charge is -2.30. The van der Waals surface area contributed by atoms with Crippen molar-refractivity contribution >= 4 is 11.6 Å². The predicted octanol–water partition coefficient (Wildman–Crippen LogP) is 2.37. The third-order valence-electron chi connectivity index (χ3n) is 4.58. The normalized spacial score (nSPS) is 13.9. The molecule has 0 saturated carbocycles. The maximum absolute atomic E-state index is 12.7. The molecular weight excluding hydrogens is 429 g/mol. The van der Waals surface area contributed by atoms with Crippen molar-refractivity contribution in [1.29, 1.82) is 0 Å². The zero-order valence-corrected chi connectivity index (χ0v) is 18.2. The van der Waals surface area contributed by atoms with E-state index in [1.807, 2.05) is 13.8 Å². The van der Waals surface area contributed by atoms with Crippen molar-refractivity contribution in [2.24, 2.45) is 0 Å². The average molecular weight is 458 g/mol. The molecule has 0 aliphatic rings. The summed E-state index contributed by atoms with van der Waals surface area (Å²) in [7, 11) is 0. The van der Waals surface area contributed by atoms with Crippen LogP contribution in [0.15, 0.2) is 36.5 Å². The van der Waals surface area contributed by atoms with Gasteiger partial charge in [0.1, 0.15) is 18.5 Å². The van der Waals surface area contributed by atoms with Gasteiger partial charge in [0.05, 0.1) is 18.3 Å². The van der Waals surface area contributed by atoms with Crippen LogP contribution in [0.1, 0.15) is 26.5 Å². The number of hydrogen-bond donors (Lipinski definition) is 3. The van der Waals surface area contributed by atoms with Crippen molar-refractivity contribution in [2.75, 3.05) is 25.0 Å². The molecular formula is C21H29F3N4O4. The van der Waals surface area contributed by atoms with E-state index in [9.17, 15) is 28.2 Å². The number of carbonyl (C=O) groups is 1. The molecule has 0 aliphatic carbocycles. The van der Waals surface area contributed by atoms with Crippen molar-refractivity contribution in [1.82, 2.24) is 14.7 Å². The topological polar surface area (TPSA) is 99.9 Å². The highest BCUT2D eigenvalue weighted by molar-refractivity contribution is 5.90. The predicted molar refractivity (Wildman–Crippen MR) is 112 cm³/mol. The summed E-state index contributed by atoms with van der Waals surface area (Å²) in [4.78, 5) is 13.1. The highest BCUT2D eigenvalue weighted by Crippen LogP contribution is 2.27. The minimum Gasteiger partial charge on any atom is -0.489 e. The summed E-state index contributed by atoms with van der Waals surface area (Å²) in [5.41, 5.74) is -0.529. The van der Waals surface area contributed by atoms with E-state index in [1.54, 1.807) is 29.2 Å². The van der Waals surface area contributed by atoms with Crippen LogP contribution in [-0.2, 0) is 17.5 Å². The third-order valence-corrected chi connectivity index (χ3v) is 4.58. The molecule has 1 aromatic carbocycles. The van der Waals surface area contributed by atoms with Gasteiger partial charge in [-0.25, -0.2) is 0 Å². The van der Waals surface area contributed by atoms with E-state index >= 15 is 0 Å². The van der Waals surface area contributed by atoms with Crippen LogP contribution < -0.4 is 10.1 Å². The lowest BCUT2D eigenvalue weighted by molar-refractivity contribution is -0.141. The Kier molecular flexibility index (Phi) is 9.05. The summed E-state index contributed by atoms with van der Waals surface area (Å²) in [6, 6.07) is 7.64. The number of aliphatic hydroxyl groups excluding tert-OH is 2.